The molecular formula is C14H15BrClN3. The first kappa shape index (κ1) is 14.4. The largest absolute Gasteiger partial charge is 0.264 e. The maximum atomic E-state index is 6.19. The average molecular weight is 341 g/mol. The molecule has 0 unspecified atom stereocenters. The number of rotatable bonds is 3. The minimum atomic E-state index is 0.278. The summed E-state index contributed by atoms with van der Waals surface area (Å²) in [6.45, 7) is 6.26. The predicted octanol–water partition coefficient (Wildman–Crippen LogP) is 4.64. The van der Waals surface area contributed by atoms with Gasteiger partial charge in [0.1, 0.15) is 5.15 Å². The summed E-state index contributed by atoms with van der Waals surface area (Å²) in [6, 6.07) is 1.93. The van der Waals surface area contributed by atoms with Crippen molar-refractivity contribution in [2.75, 3.05) is 0 Å². The highest BCUT2D eigenvalue weighted by atomic mass is 79.9. The van der Waals surface area contributed by atoms with Crippen molar-refractivity contribution in [3.8, 4) is 11.4 Å². The first-order valence-electron chi connectivity index (χ1n) is 6.20. The van der Waals surface area contributed by atoms with E-state index in [1.807, 2.05) is 12.3 Å². The molecule has 0 aliphatic heterocycles. The number of aryl methyl sites for hydroxylation is 1. The van der Waals surface area contributed by atoms with Gasteiger partial charge in [0.2, 0.25) is 0 Å². The Balaban J connectivity index is 2.63. The summed E-state index contributed by atoms with van der Waals surface area (Å²) >= 11 is 9.65. The Hall–Kier alpha value is -1.00. The SMILES string of the molecule is CCc1cnccc1-c1nc(Cl)c(Br)c(C(C)C)n1. The Kier molecular flexibility index (Phi) is 4.53. The Morgan fingerprint density at radius 2 is 2.05 bits per heavy atom. The van der Waals surface area contributed by atoms with Crippen molar-refractivity contribution in [3.63, 3.8) is 0 Å². The second-order valence-electron chi connectivity index (χ2n) is 4.58. The Bertz CT molecular complexity index is 599. The van der Waals surface area contributed by atoms with Crippen LogP contribution in [0, 0.1) is 0 Å². The van der Waals surface area contributed by atoms with Crippen molar-refractivity contribution < 1.29 is 0 Å². The van der Waals surface area contributed by atoms with Gasteiger partial charge in [0.25, 0.3) is 0 Å². The Morgan fingerprint density at radius 1 is 1.32 bits per heavy atom. The van der Waals surface area contributed by atoms with E-state index in [0.29, 0.717) is 11.0 Å². The van der Waals surface area contributed by atoms with Crippen molar-refractivity contribution in [1.29, 1.82) is 0 Å². The normalized spacial score (nSPS) is 11.1. The molecule has 19 heavy (non-hydrogen) atoms. The van der Waals surface area contributed by atoms with Crippen LogP contribution < -0.4 is 0 Å². The van der Waals surface area contributed by atoms with E-state index in [4.69, 9.17) is 11.6 Å². The molecule has 0 N–H and O–H groups in total. The molecule has 0 aromatic carbocycles. The fourth-order valence-corrected chi connectivity index (χ4v) is 2.68. The molecule has 0 amide bonds. The van der Waals surface area contributed by atoms with Crippen LogP contribution in [-0.4, -0.2) is 15.0 Å². The van der Waals surface area contributed by atoms with Crippen molar-refractivity contribution >= 4 is 27.5 Å². The van der Waals surface area contributed by atoms with Crippen molar-refractivity contribution in [2.24, 2.45) is 0 Å². The van der Waals surface area contributed by atoms with Gasteiger partial charge in [-0.2, -0.15) is 0 Å². The van der Waals surface area contributed by atoms with Crippen LogP contribution >= 0.6 is 27.5 Å². The van der Waals surface area contributed by atoms with Crippen LogP contribution in [0.15, 0.2) is 22.9 Å². The van der Waals surface area contributed by atoms with E-state index in [1.54, 1.807) is 6.20 Å². The van der Waals surface area contributed by atoms with Gasteiger partial charge in [-0.1, -0.05) is 32.4 Å². The van der Waals surface area contributed by atoms with Gasteiger partial charge >= 0.3 is 0 Å². The summed E-state index contributed by atoms with van der Waals surface area (Å²) < 4.78 is 0.778. The monoisotopic (exact) mass is 339 g/mol. The highest BCUT2D eigenvalue weighted by Gasteiger charge is 2.16. The van der Waals surface area contributed by atoms with E-state index >= 15 is 0 Å². The van der Waals surface area contributed by atoms with E-state index in [-0.39, 0.29) is 5.92 Å². The third-order valence-corrected chi connectivity index (χ3v) is 4.19. The van der Waals surface area contributed by atoms with Crippen LogP contribution in [-0.2, 0) is 6.42 Å². The van der Waals surface area contributed by atoms with Crippen LogP contribution in [0.2, 0.25) is 5.15 Å². The highest BCUT2D eigenvalue weighted by Crippen LogP contribution is 2.31. The molecule has 2 aromatic heterocycles. The van der Waals surface area contributed by atoms with Crippen molar-refractivity contribution in [2.45, 2.75) is 33.1 Å². The summed E-state index contributed by atoms with van der Waals surface area (Å²) in [5.74, 6) is 0.941. The predicted molar refractivity (Wildman–Crippen MR) is 81.4 cm³/mol. The van der Waals surface area contributed by atoms with Crippen LogP contribution in [0.5, 0.6) is 0 Å². The third-order valence-electron chi connectivity index (χ3n) is 2.91. The maximum Gasteiger partial charge on any atom is 0.161 e. The minimum absolute atomic E-state index is 0.278. The second-order valence-corrected chi connectivity index (χ2v) is 5.73. The number of halogens is 2. The minimum Gasteiger partial charge on any atom is -0.264 e. The van der Waals surface area contributed by atoms with Gasteiger partial charge in [-0.15, -0.1) is 0 Å². The second kappa shape index (κ2) is 5.97. The summed E-state index contributed by atoms with van der Waals surface area (Å²) in [5, 5.41) is 0.451. The zero-order chi connectivity index (χ0) is 14.0. The van der Waals surface area contributed by atoms with E-state index in [2.05, 4.69) is 51.7 Å². The summed E-state index contributed by atoms with van der Waals surface area (Å²) in [5.41, 5.74) is 3.04. The zero-order valence-electron chi connectivity index (χ0n) is 11.1. The highest BCUT2D eigenvalue weighted by molar-refractivity contribution is 9.10. The molecule has 0 radical (unpaired) electrons. The van der Waals surface area contributed by atoms with E-state index in [1.165, 1.54) is 0 Å². The molecule has 0 saturated carbocycles. The molecular weight excluding hydrogens is 326 g/mol. The molecule has 0 bridgehead atoms. The standard InChI is InChI=1S/C14H15BrClN3/c1-4-9-7-17-6-5-10(9)14-18-12(8(2)3)11(15)13(16)19-14/h5-8H,4H2,1-3H3. The van der Waals surface area contributed by atoms with Crippen LogP contribution in [0.1, 0.15) is 37.9 Å². The van der Waals surface area contributed by atoms with Crippen LogP contribution in [0.4, 0.5) is 0 Å². The van der Waals surface area contributed by atoms with Crippen molar-refractivity contribution in [1.82, 2.24) is 15.0 Å². The molecule has 0 atom stereocenters. The fourth-order valence-electron chi connectivity index (χ4n) is 1.87. The van der Waals surface area contributed by atoms with Gasteiger partial charge in [0.05, 0.1) is 10.2 Å². The van der Waals surface area contributed by atoms with Gasteiger partial charge in [-0.05, 0) is 39.9 Å². The number of hydrogen-bond donors (Lipinski definition) is 0. The number of aromatic nitrogens is 3. The molecule has 2 heterocycles. The summed E-state index contributed by atoms with van der Waals surface area (Å²) in [6.07, 6.45) is 4.49. The number of pyridine rings is 1. The summed E-state index contributed by atoms with van der Waals surface area (Å²) in [4.78, 5) is 13.2. The fraction of sp³-hybridized carbons (Fsp3) is 0.357. The lowest BCUT2D eigenvalue weighted by Gasteiger charge is -2.12. The number of hydrogen-bond acceptors (Lipinski definition) is 3. The first-order valence-corrected chi connectivity index (χ1v) is 7.37. The summed E-state index contributed by atoms with van der Waals surface area (Å²) in [7, 11) is 0. The smallest absolute Gasteiger partial charge is 0.161 e. The van der Waals surface area contributed by atoms with Gasteiger partial charge in [0.15, 0.2) is 5.82 Å². The maximum absolute atomic E-state index is 6.19. The molecule has 0 aliphatic carbocycles. The van der Waals surface area contributed by atoms with E-state index in [9.17, 15) is 0 Å². The Morgan fingerprint density at radius 3 is 2.68 bits per heavy atom. The molecule has 2 aromatic rings. The number of nitrogens with zero attached hydrogens (tertiary/aromatic N) is 3. The van der Waals surface area contributed by atoms with Gasteiger partial charge in [0, 0.05) is 18.0 Å². The van der Waals surface area contributed by atoms with Crippen LogP contribution in [0.3, 0.4) is 0 Å². The molecule has 0 fully saturated rings. The quantitative estimate of drug-likeness (QED) is 0.764. The topological polar surface area (TPSA) is 38.7 Å². The molecule has 0 spiro atoms. The van der Waals surface area contributed by atoms with E-state index < -0.39 is 0 Å². The van der Waals surface area contributed by atoms with Gasteiger partial charge in [-0.3, -0.25) is 4.98 Å². The van der Waals surface area contributed by atoms with E-state index in [0.717, 1.165) is 27.7 Å². The molecule has 5 heteroatoms. The average Bonchev–Trinajstić information content (AvgIpc) is 2.41. The van der Waals surface area contributed by atoms with Crippen LogP contribution in [0.25, 0.3) is 11.4 Å². The first-order chi connectivity index (χ1) is 9.04. The molecule has 2 rings (SSSR count). The third kappa shape index (κ3) is 2.95. The molecule has 0 saturated heterocycles. The van der Waals surface area contributed by atoms with Gasteiger partial charge < -0.3 is 0 Å². The van der Waals surface area contributed by atoms with Gasteiger partial charge in [-0.25, -0.2) is 9.97 Å². The lowest BCUT2D eigenvalue weighted by Crippen LogP contribution is -2.02. The Labute approximate surface area is 126 Å². The lowest BCUT2D eigenvalue weighted by atomic mass is 10.1. The zero-order valence-corrected chi connectivity index (χ0v) is 13.5. The van der Waals surface area contributed by atoms with Crippen molar-refractivity contribution in [3.05, 3.63) is 39.3 Å². The molecule has 0 aliphatic rings. The molecule has 100 valence electrons. The lowest BCUT2D eigenvalue weighted by molar-refractivity contribution is 0.808. The molecule has 3 nitrogen and oxygen atoms in total.